The summed E-state index contributed by atoms with van der Waals surface area (Å²) in [5.41, 5.74) is 7.72. The average Bonchev–Trinajstić information content (AvgIpc) is 2.48. The van der Waals surface area contributed by atoms with Gasteiger partial charge in [-0.15, -0.1) is 0 Å². The molecule has 0 aliphatic carbocycles. The summed E-state index contributed by atoms with van der Waals surface area (Å²) in [6, 6.07) is 11.4. The predicted octanol–water partition coefficient (Wildman–Crippen LogP) is 3.46. The first-order chi connectivity index (χ1) is 9.55. The molecule has 1 aliphatic rings. The van der Waals surface area contributed by atoms with Gasteiger partial charge in [0.05, 0.1) is 0 Å². The van der Waals surface area contributed by atoms with Gasteiger partial charge in [-0.25, -0.2) is 0 Å². The molecule has 1 aliphatic heterocycles. The van der Waals surface area contributed by atoms with Gasteiger partial charge in [-0.3, -0.25) is 4.90 Å². The highest BCUT2D eigenvalue weighted by Gasteiger charge is 2.36. The van der Waals surface area contributed by atoms with Crippen LogP contribution >= 0.6 is 0 Å². The minimum atomic E-state index is 0.129. The Labute approximate surface area is 124 Å². The third kappa shape index (κ3) is 3.62. The molecule has 0 bridgehead atoms. The van der Waals surface area contributed by atoms with Crippen LogP contribution in [0.5, 0.6) is 0 Å². The molecular formula is C18H30N2. The van der Waals surface area contributed by atoms with Crippen molar-refractivity contribution in [3.8, 4) is 0 Å². The summed E-state index contributed by atoms with van der Waals surface area (Å²) in [5, 5.41) is 0. The Balaban J connectivity index is 2.04. The van der Waals surface area contributed by atoms with E-state index in [0.717, 1.165) is 25.3 Å². The van der Waals surface area contributed by atoms with Gasteiger partial charge in [0.15, 0.2) is 0 Å². The Kier molecular flexibility index (Phi) is 5.22. The quantitative estimate of drug-likeness (QED) is 0.891. The minimum absolute atomic E-state index is 0.129. The molecule has 0 radical (unpaired) electrons. The molecule has 3 atom stereocenters. The van der Waals surface area contributed by atoms with Crippen molar-refractivity contribution in [2.24, 2.45) is 11.7 Å². The van der Waals surface area contributed by atoms with Gasteiger partial charge in [0.2, 0.25) is 0 Å². The van der Waals surface area contributed by atoms with Crippen LogP contribution in [0.3, 0.4) is 0 Å². The summed E-state index contributed by atoms with van der Waals surface area (Å²) >= 11 is 0. The molecule has 0 aromatic heterocycles. The molecule has 2 heteroatoms. The largest absolute Gasteiger partial charge is 0.329 e. The zero-order chi connectivity index (χ0) is 14.6. The molecule has 1 fully saturated rings. The highest BCUT2D eigenvalue weighted by Crippen LogP contribution is 2.31. The van der Waals surface area contributed by atoms with Crippen LogP contribution in [0.15, 0.2) is 30.3 Å². The van der Waals surface area contributed by atoms with Crippen LogP contribution in [-0.2, 0) is 6.42 Å². The SMILES string of the molecule is CC1CCC(C)N(C(C)(CN)CCc2ccccc2)C1. The van der Waals surface area contributed by atoms with E-state index in [1.165, 1.54) is 24.9 Å². The first-order valence-corrected chi connectivity index (χ1v) is 8.06. The molecule has 1 saturated heterocycles. The molecule has 2 rings (SSSR count). The number of likely N-dealkylation sites (tertiary alicyclic amines) is 1. The summed E-state index contributed by atoms with van der Waals surface area (Å²) in [6.07, 6.45) is 4.93. The van der Waals surface area contributed by atoms with E-state index in [1.54, 1.807) is 0 Å². The van der Waals surface area contributed by atoms with Crippen LogP contribution in [-0.4, -0.2) is 29.6 Å². The van der Waals surface area contributed by atoms with Crippen LogP contribution in [0.25, 0.3) is 0 Å². The van der Waals surface area contributed by atoms with E-state index < -0.39 is 0 Å². The maximum Gasteiger partial charge on any atom is 0.0309 e. The molecule has 2 nitrogen and oxygen atoms in total. The van der Waals surface area contributed by atoms with Gasteiger partial charge in [-0.1, -0.05) is 37.3 Å². The second-order valence-electron chi connectivity index (χ2n) is 6.87. The lowest BCUT2D eigenvalue weighted by Crippen LogP contribution is -2.58. The molecule has 0 spiro atoms. The van der Waals surface area contributed by atoms with Gasteiger partial charge in [0.25, 0.3) is 0 Å². The monoisotopic (exact) mass is 274 g/mol. The standard InChI is InChI=1S/C18H30N2/c1-15-9-10-16(2)20(13-15)18(3,14-19)12-11-17-7-5-4-6-8-17/h4-8,15-16H,9-14,19H2,1-3H3. The third-order valence-corrected chi connectivity index (χ3v) is 5.05. The molecule has 20 heavy (non-hydrogen) atoms. The topological polar surface area (TPSA) is 29.3 Å². The average molecular weight is 274 g/mol. The van der Waals surface area contributed by atoms with Crippen molar-refractivity contribution >= 4 is 0 Å². The van der Waals surface area contributed by atoms with Crippen LogP contribution in [0.1, 0.15) is 45.6 Å². The van der Waals surface area contributed by atoms with Crippen molar-refractivity contribution in [1.29, 1.82) is 0 Å². The zero-order valence-corrected chi connectivity index (χ0v) is 13.3. The lowest BCUT2D eigenvalue weighted by molar-refractivity contribution is 0.0160. The number of rotatable bonds is 5. The van der Waals surface area contributed by atoms with E-state index >= 15 is 0 Å². The van der Waals surface area contributed by atoms with E-state index in [0.29, 0.717) is 6.04 Å². The Hall–Kier alpha value is -0.860. The first kappa shape index (κ1) is 15.5. The number of aryl methyl sites for hydroxylation is 1. The number of piperidine rings is 1. The van der Waals surface area contributed by atoms with Crippen LogP contribution < -0.4 is 5.73 Å². The van der Waals surface area contributed by atoms with Gasteiger partial charge >= 0.3 is 0 Å². The van der Waals surface area contributed by atoms with Crippen molar-refractivity contribution in [3.05, 3.63) is 35.9 Å². The van der Waals surface area contributed by atoms with Crippen molar-refractivity contribution < 1.29 is 0 Å². The maximum absolute atomic E-state index is 6.17. The third-order valence-electron chi connectivity index (χ3n) is 5.05. The lowest BCUT2D eigenvalue weighted by Gasteiger charge is -2.48. The number of nitrogens with two attached hydrogens (primary N) is 1. The predicted molar refractivity (Wildman–Crippen MR) is 86.8 cm³/mol. The maximum atomic E-state index is 6.17. The lowest BCUT2D eigenvalue weighted by atomic mass is 9.85. The number of nitrogens with zero attached hydrogens (tertiary/aromatic N) is 1. The van der Waals surface area contributed by atoms with Crippen molar-refractivity contribution in [1.82, 2.24) is 4.90 Å². The molecular weight excluding hydrogens is 244 g/mol. The summed E-state index contributed by atoms with van der Waals surface area (Å²) in [6.45, 7) is 9.03. The normalized spacial score (nSPS) is 27.2. The Bertz CT molecular complexity index is 403. The van der Waals surface area contributed by atoms with Crippen molar-refractivity contribution in [2.75, 3.05) is 13.1 Å². The second kappa shape index (κ2) is 6.73. The Morgan fingerprint density at radius 2 is 1.90 bits per heavy atom. The summed E-state index contributed by atoms with van der Waals surface area (Å²) in [7, 11) is 0. The molecule has 112 valence electrons. The molecule has 1 aromatic rings. The molecule has 0 saturated carbocycles. The smallest absolute Gasteiger partial charge is 0.0309 e. The van der Waals surface area contributed by atoms with Crippen LogP contribution in [0, 0.1) is 5.92 Å². The minimum Gasteiger partial charge on any atom is -0.329 e. The van der Waals surface area contributed by atoms with Crippen molar-refractivity contribution in [3.63, 3.8) is 0 Å². The second-order valence-corrected chi connectivity index (χ2v) is 6.87. The fraction of sp³-hybridized carbons (Fsp3) is 0.667. The highest BCUT2D eigenvalue weighted by molar-refractivity contribution is 5.15. The summed E-state index contributed by atoms with van der Waals surface area (Å²) in [5.74, 6) is 0.800. The zero-order valence-electron chi connectivity index (χ0n) is 13.3. The number of hydrogen-bond acceptors (Lipinski definition) is 2. The molecule has 3 unspecified atom stereocenters. The van der Waals surface area contributed by atoms with Crippen molar-refractivity contribution in [2.45, 2.75) is 58.0 Å². The van der Waals surface area contributed by atoms with Gasteiger partial charge in [0.1, 0.15) is 0 Å². The van der Waals surface area contributed by atoms with E-state index in [1.807, 2.05) is 0 Å². The van der Waals surface area contributed by atoms with E-state index in [2.05, 4.69) is 56.0 Å². The van der Waals surface area contributed by atoms with Crippen LogP contribution in [0.2, 0.25) is 0 Å². The number of hydrogen-bond donors (Lipinski definition) is 1. The number of benzene rings is 1. The first-order valence-electron chi connectivity index (χ1n) is 8.06. The fourth-order valence-electron chi connectivity index (χ4n) is 3.46. The van der Waals surface area contributed by atoms with Gasteiger partial charge in [-0.2, -0.15) is 0 Å². The molecule has 0 amide bonds. The highest BCUT2D eigenvalue weighted by atomic mass is 15.2. The van der Waals surface area contributed by atoms with E-state index in [4.69, 9.17) is 5.73 Å². The Morgan fingerprint density at radius 3 is 2.55 bits per heavy atom. The van der Waals surface area contributed by atoms with Gasteiger partial charge in [0, 0.05) is 24.7 Å². The molecule has 1 aromatic carbocycles. The summed E-state index contributed by atoms with van der Waals surface area (Å²) < 4.78 is 0. The Morgan fingerprint density at radius 1 is 1.20 bits per heavy atom. The van der Waals surface area contributed by atoms with E-state index in [9.17, 15) is 0 Å². The fourth-order valence-corrected chi connectivity index (χ4v) is 3.46. The van der Waals surface area contributed by atoms with E-state index in [-0.39, 0.29) is 5.54 Å². The molecule has 1 heterocycles. The van der Waals surface area contributed by atoms with Gasteiger partial charge in [-0.05, 0) is 51.0 Å². The summed E-state index contributed by atoms with van der Waals surface area (Å²) in [4.78, 5) is 2.67. The van der Waals surface area contributed by atoms with Crippen LogP contribution in [0.4, 0.5) is 0 Å². The van der Waals surface area contributed by atoms with Gasteiger partial charge < -0.3 is 5.73 Å². The molecule has 2 N–H and O–H groups in total.